The molecule has 3 aliphatic heterocycles. The van der Waals surface area contributed by atoms with Crippen LogP contribution in [-0.2, 0) is 0 Å². The van der Waals surface area contributed by atoms with Crippen LogP contribution in [0.5, 0.6) is 23.0 Å². The third kappa shape index (κ3) is 4.82. The Morgan fingerprint density at radius 2 is 1.02 bits per heavy atom. The number of nitrogens with zero attached hydrogens (tertiary/aromatic N) is 3. The molecule has 5 heterocycles. The van der Waals surface area contributed by atoms with Crippen molar-refractivity contribution >= 4 is 77.9 Å². The maximum atomic E-state index is 15.4. The van der Waals surface area contributed by atoms with E-state index in [9.17, 15) is 5.11 Å². The summed E-state index contributed by atoms with van der Waals surface area (Å²) in [4.78, 5) is 19.7. The fourth-order valence-corrected chi connectivity index (χ4v) is 10.2. The number of rotatable bonds is 3. The summed E-state index contributed by atoms with van der Waals surface area (Å²) >= 11 is 0. The van der Waals surface area contributed by atoms with E-state index in [1.54, 1.807) is 0 Å². The molecule has 9 aromatic carbocycles. The number of hydrogen-bond donors (Lipinski definition) is 1. The van der Waals surface area contributed by atoms with E-state index in [0.717, 1.165) is 101 Å². The Balaban J connectivity index is 1.05. The van der Waals surface area contributed by atoms with Gasteiger partial charge in [0.2, 0.25) is 0 Å². The van der Waals surface area contributed by atoms with Crippen LogP contribution in [0.25, 0.3) is 60.6 Å². The van der Waals surface area contributed by atoms with Crippen LogP contribution in [0.15, 0.2) is 197 Å². The minimum atomic E-state index is -1.07. The van der Waals surface area contributed by atoms with E-state index in [1.807, 2.05) is 152 Å². The quantitative estimate of drug-likeness (QED) is 0.178. The first kappa shape index (κ1) is 35.1. The van der Waals surface area contributed by atoms with Gasteiger partial charge in [0.1, 0.15) is 17.3 Å². The number of hydrogen-bond acceptors (Lipinski definition) is 7. The Labute approximate surface area is 365 Å². The second kappa shape index (κ2) is 13.0. The summed E-state index contributed by atoms with van der Waals surface area (Å²) in [6, 6.07) is 62.3. The number of fused-ring (bicyclic) bond motifs is 11. The van der Waals surface area contributed by atoms with E-state index in [0.29, 0.717) is 27.4 Å². The third-order valence-electron chi connectivity index (χ3n) is 13.0. The molecule has 1 unspecified atom stereocenters. The van der Waals surface area contributed by atoms with Crippen molar-refractivity contribution in [3.8, 4) is 39.8 Å². The molecular formula is C56H33N3O5. The number of anilines is 6. The lowest BCUT2D eigenvalue weighted by molar-refractivity contribution is 0.219. The summed E-state index contributed by atoms with van der Waals surface area (Å²) in [6.45, 7) is 0. The van der Waals surface area contributed by atoms with E-state index in [-0.39, 0.29) is 5.43 Å². The molecule has 14 rings (SSSR count). The van der Waals surface area contributed by atoms with Crippen molar-refractivity contribution in [2.45, 2.75) is 6.10 Å². The maximum Gasteiger partial charge on any atom is 0.197 e. The number of para-hydroxylation sites is 10. The van der Waals surface area contributed by atoms with Gasteiger partial charge >= 0.3 is 0 Å². The van der Waals surface area contributed by atoms with Crippen molar-refractivity contribution < 1.29 is 19.0 Å². The van der Waals surface area contributed by atoms with Gasteiger partial charge in [-0.1, -0.05) is 84.9 Å². The smallest absolute Gasteiger partial charge is 0.197 e. The van der Waals surface area contributed by atoms with Crippen LogP contribution in [-0.4, -0.2) is 9.67 Å². The minimum Gasteiger partial charge on any atom is -0.455 e. The van der Waals surface area contributed by atoms with E-state index < -0.39 is 6.10 Å². The molecule has 0 radical (unpaired) electrons. The summed E-state index contributed by atoms with van der Waals surface area (Å²) in [7, 11) is 0. The standard InChI is InChI=1S/C56H33N3O5/c60-54-38-30-33(57-44-15-2-7-20-49(44)62-50-21-8-3-16-45(50)57)24-26-42(38)59-43-27-25-34(58-46-17-4-9-22-51(46)63-52-23-10-5-18-47(52)58)31-39(43)55(61)41-29-32(28-40(54)53(41)59)35-13-11-14-37-36-12-1-6-19-48(36)64-56(35)37/h1-31,54,60H. The number of ether oxygens (including phenoxy) is 2. The van der Waals surface area contributed by atoms with Crippen LogP contribution in [0.4, 0.5) is 34.1 Å². The van der Waals surface area contributed by atoms with Gasteiger partial charge in [0, 0.05) is 49.6 Å². The molecule has 0 aliphatic carbocycles. The molecule has 64 heavy (non-hydrogen) atoms. The highest BCUT2D eigenvalue weighted by atomic mass is 16.5. The monoisotopic (exact) mass is 827 g/mol. The van der Waals surface area contributed by atoms with Gasteiger partial charge in [0.05, 0.1) is 39.5 Å². The van der Waals surface area contributed by atoms with Crippen molar-refractivity contribution in [1.82, 2.24) is 4.57 Å². The molecule has 11 aromatic rings. The average molecular weight is 828 g/mol. The van der Waals surface area contributed by atoms with E-state index >= 15 is 4.79 Å². The molecule has 0 saturated carbocycles. The fraction of sp³-hybridized carbons (Fsp3) is 0.0179. The number of pyridine rings is 1. The molecule has 0 saturated heterocycles. The van der Waals surface area contributed by atoms with E-state index in [1.165, 1.54) is 0 Å². The van der Waals surface area contributed by atoms with E-state index in [4.69, 9.17) is 13.9 Å². The average Bonchev–Trinajstić information content (AvgIpc) is 3.73. The molecule has 8 nitrogen and oxygen atoms in total. The SMILES string of the molecule is O=c1c2cc(N3c4ccccc4Oc4ccccc43)ccc2n2c3c(cc(-c4cccc5c4oc4ccccc45)cc13)C(O)c1cc(N3c4ccccc4Oc4ccccc43)ccc1-2. The van der Waals surface area contributed by atoms with Crippen molar-refractivity contribution in [2.75, 3.05) is 9.80 Å². The minimum absolute atomic E-state index is 0.133. The zero-order valence-electron chi connectivity index (χ0n) is 33.9. The van der Waals surface area contributed by atoms with E-state index in [2.05, 4.69) is 50.8 Å². The van der Waals surface area contributed by atoms with Crippen LogP contribution >= 0.6 is 0 Å². The Morgan fingerprint density at radius 1 is 0.453 bits per heavy atom. The van der Waals surface area contributed by atoms with Gasteiger partial charge in [-0.2, -0.15) is 0 Å². The van der Waals surface area contributed by atoms with Crippen LogP contribution in [0.2, 0.25) is 0 Å². The summed E-state index contributed by atoms with van der Waals surface area (Å²) in [5.41, 5.74) is 11.7. The summed E-state index contributed by atoms with van der Waals surface area (Å²) in [5.74, 6) is 2.93. The van der Waals surface area contributed by atoms with Gasteiger partial charge in [-0.05, 0) is 109 Å². The number of furan rings is 1. The lowest BCUT2D eigenvalue weighted by atomic mass is 9.88. The molecule has 2 aromatic heterocycles. The van der Waals surface area contributed by atoms with Gasteiger partial charge in [0.25, 0.3) is 0 Å². The molecule has 0 spiro atoms. The zero-order chi connectivity index (χ0) is 42.2. The van der Waals surface area contributed by atoms with Gasteiger partial charge in [-0.25, -0.2) is 0 Å². The largest absolute Gasteiger partial charge is 0.455 e. The van der Waals surface area contributed by atoms with Gasteiger partial charge in [-0.15, -0.1) is 0 Å². The molecule has 302 valence electrons. The van der Waals surface area contributed by atoms with Crippen LogP contribution in [0, 0.1) is 0 Å². The Kier molecular flexibility index (Phi) is 7.10. The second-order valence-corrected chi connectivity index (χ2v) is 16.5. The van der Waals surface area contributed by atoms with Gasteiger partial charge in [-0.3, -0.25) is 4.79 Å². The third-order valence-corrected chi connectivity index (χ3v) is 13.0. The van der Waals surface area contributed by atoms with Crippen LogP contribution in [0.3, 0.4) is 0 Å². The Hall–Kier alpha value is -8.59. The van der Waals surface area contributed by atoms with Gasteiger partial charge in [0.15, 0.2) is 28.4 Å². The van der Waals surface area contributed by atoms with Crippen molar-refractivity contribution in [1.29, 1.82) is 0 Å². The first-order valence-electron chi connectivity index (χ1n) is 21.3. The summed E-state index contributed by atoms with van der Waals surface area (Å²) in [5, 5.41) is 15.8. The molecular weight excluding hydrogens is 795 g/mol. The lowest BCUT2D eigenvalue weighted by Gasteiger charge is -2.35. The van der Waals surface area contributed by atoms with Crippen molar-refractivity contribution in [3.63, 3.8) is 0 Å². The first-order chi connectivity index (χ1) is 31.6. The highest BCUT2D eigenvalue weighted by Crippen LogP contribution is 2.53. The normalized spacial score (nSPS) is 14.4. The van der Waals surface area contributed by atoms with Crippen molar-refractivity contribution in [2.24, 2.45) is 0 Å². The molecule has 0 bridgehead atoms. The van der Waals surface area contributed by atoms with Crippen LogP contribution < -0.4 is 24.7 Å². The molecule has 3 aliphatic rings. The Bertz CT molecular complexity index is 3800. The van der Waals surface area contributed by atoms with Gasteiger partial charge < -0.3 is 33.4 Å². The summed E-state index contributed by atoms with van der Waals surface area (Å²) < 4.78 is 21.4. The zero-order valence-corrected chi connectivity index (χ0v) is 33.9. The Morgan fingerprint density at radius 3 is 1.67 bits per heavy atom. The molecule has 8 heteroatoms. The lowest BCUT2D eigenvalue weighted by Crippen LogP contribution is -2.22. The molecule has 0 fully saturated rings. The summed E-state index contributed by atoms with van der Waals surface area (Å²) in [6.07, 6.45) is -1.07. The predicted molar refractivity (Wildman–Crippen MR) is 253 cm³/mol. The first-order valence-corrected chi connectivity index (χ1v) is 21.3. The van der Waals surface area contributed by atoms with Crippen molar-refractivity contribution in [3.05, 3.63) is 209 Å². The maximum absolute atomic E-state index is 15.4. The number of aliphatic hydroxyl groups is 1. The fourth-order valence-electron chi connectivity index (χ4n) is 10.2. The highest BCUT2D eigenvalue weighted by molar-refractivity contribution is 6.11. The molecule has 1 N–H and O–H groups in total. The molecule has 0 amide bonds. The predicted octanol–water partition coefficient (Wildman–Crippen LogP) is 14.3. The topological polar surface area (TPSA) is 80.3 Å². The number of aliphatic hydroxyl groups excluding tert-OH is 1. The molecule has 1 atom stereocenters. The highest BCUT2D eigenvalue weighted by Gasteiger charge is 2.33. The number of benzene rings is 9. The second-order valence-electron chi connectivity index (χ2n) is 16.5. The number of aromatic nitrogens is 1. The van der Waals surface area contributed by atoms with Crippen LogP contribution in [0.1, 0.15) is 17.2 Å².